The smallest absolute Gasteiger partial charge is 0.344 e. The molecule has 0 amide bonds. The summed E-state index contributed by atoms with van der Waals surface area (Å²) in [5.41, 5.74) is 1.10. The average molecular weight is 793 g/mol. The molecule has 3 unspecified atom stereocenters. The molecule has 2 bridgehead atoms. The number of anilines is 1. The normalized spacial score (nSPS) is 34.7. The molecule has 5 aliphatic heterocycles. The summed E-state index contributed by atoms with van der Waals surface area (Å²) in [6.07, 6.45) is 8.43. The lowest BCUT2D eigenvalue weighted by Crippen LogP contribution is -2.81. The van der Waals surface area contributed by atoms with E-state index in [0.717, 1.165) is 65.9 Å². The predicted molar refractivity (Wildman–Crippen MR) is 219 cm³/mol. The molecule has 1 saturated heterocycles. The zero-order valence-corrected chi connectivity index (χ0v) is 34.7. The van der Waals surface area contributed by atoms with Gasteiger partial charge in [-0.2, -0.15) is 0 Å². The number of aromatic nitrogens is 1. The zero-order valence-electron chi connectivity index (χ0n) is 34.7. The van der Waals surface area contributed by atoms with Crippen LogP contribution in [0.3, 0.4) is 0 Å². The maximum atomic E-state index is 15.3. The number of ether oxygens (including phenoxy) is 4. The lowest BCUT2D eigenvalue weighted by molar-refractivity contribution is -0.228. The van der Waals surface area contributed by atoms with E-state index in [-0.39, 0.29) is 17.9 Å². The van der Waals surface area contributed by atoms with Crippen molar-refractivity contribution in [3.8, 4) is 5.75 Å². The van der Waals surface area contributed by atoms with Crippen LogP contribution in [-0.2, 0) is 45.8 Å². The van der Waals surface area contributed by atoms with Crippen molar-refractivity contribution in [1.82, 2.24) is 14.8 Å². The predicted octanol–water partition coefficient (Wildman–Crippen LogP) is 4.80. The number of nitrogens with zero attached hydrogens (tertiary/aromatic N) is 3. The number of hydrogen-bond acceptors (Lipinski definition) is 11. The average Bonchev–Trinajstić information content (AvgIpc) is 3.89. The Labute approximate surface area is 340 Å². The monoisotopic (exact) mass is 792 g/mol. The van der Waals surface area contributed by atoms with Gasteiger partial charge in [0.1, 0.15) is 11.2 Å². The standard InChI is InChI=1S/C46H56N4O8/c1-8-28-21-29-24-45(41(52)56-6,37-31(15-19-49(25-28)26-29)30-13-10-11-14-34(30)47-37)33-22-32-35(23-36(33)55-5)48(4)39-44(32)17-20-50-18-12-16-43(9-2,38(44)50)40(58-27(3)51)46(39,54)42(53)57-7/h10-14,16,21-23,29,38-40,47,54H,8-9,15,17-20,24-26H2,1-7H3/t29?,38?,39-,40-,43-,44-,45+,46+/m1/s1. The molecule has 2 N–H and O–H groups in total. The number of benzene rings is 2. The minimum Gasteiger partial charge on any atom is -0.496 e. The van der Waals surface area contributed by atoms with E-state index < -0.39 is 45.9 Å². The van der Waals surface area contributed by atoms with Crippen LogP contribution in [0.25, 0.3) is 10.9 Å². The van der Waals surface area contributed by atoms with Gasteiger partial charge in [-0.3, -0.25) is 19.4 Å². The third-order valence-corrected chi connectivity index (χ3v) is 15.1. The number of carbonyl (C=O) groups is 3. The number of likely N-dealkylation sites (N-methyl/N-ethyl adjacent to an activating group) is 1. The zero-order chi connectivity index (χ0) is 40.9. The second-order valence-corrected chi connectivity index (χ2v) is 17.5. The summed E-state index contributed by atoms with van der Waals surface area (Å²) >= 11 is 0. The van der Waals surface area contributed by atoms with Gasteiger partial charge in [0.25, 0.3) is 0 Å². The summed E-state index contributed by atoms with van der Waals surface area (Å²) in [5, 5.41) is 14.4. The number of methoxy groups -OCH3 is 3. The first-order valence-electron chi connectivity index (χ1n) is 20.8. The summed E-state index contributed by atoms with van der Waals surface area (Å²) in [6, 6.07) is 11.2. The summed E-state index contributed by atoms with van der Waals surface area (Å²) < 4.78 is 24.0. The summed E-state index contributed by atoms with van der Waals surface area (Å²) in [7, 11) is 6.24. The Bertz CT molecular complexity index is 2270. The minimum atomic E-state index is -2.28. The molecule has 12 nitrogen and oxygen atoms in total. The maximum Gasteiger partial charge on any atom is 0.344 e. The number of H-pyrrole nitrogens is 1. The van der Waals surface area contributed by atoms with Gasteiger partial charge in [0.15, 0.2) is 6.10 Å². The van der Waals surface area contributed by atoms with Crippen molar-refractivity contribution in [1.29, 1.82) is 0 Å². The second kappa shape index (κ2) is 13.7. The van der Waals surface area contributed by atoms with Crippen LogP contribution in [0.4, 0.5) is 5.69 Å². The van der Waals surface area contributed by atoms with E-state index in [1.165, 1.54) is 26.7 Å². The van der Waals surface area contributed by atoms with Gasteiger partial charge in [0, 0.05) is 90.9 Å². The van der Waals surface area contributed by atoms with Crippen molar-refractivity contribution < 1.29 is 38.4 Å². The molecule has 2 fully saturated rings. The number of fused-ring (bicyclic) bond motifs is 6. The van der Waals surface area contributed by atoms with E-state index in [9.17, 15) is 14.7 Å². The number of hydrogen-bond donors (Lipinski definition) is 2. The first-order valence-corrected chi connectivity index (χ1v) is 20.8. The fourth-order valence-electron chi connectivity index (χ4n) is 13.0. The van der Waals surface area contributed by atoms with Crippen molar-refractivity contribution >= 4 is 34.5 Å². The van der Waals surface area contributed by atoms with E-state index in [0.29, 0.717) is 43.7 Å². The molecule has 6 heterocycles. The SMILES string of the molecule is CCC1=CC2CN(CCc3c([nH]c4ccccc34)[C@@](C(=O)OC)(c3cc4c(cc3OC)N(C)[C@H]3[C@@](O)(C(=O)OC)[C@H](OC(C)=O)[C@]5(CC)C=CCN6CC[C@]43C65)C2)C1. The number of para-hydroxylation sites is 1. The van der Waals surface area contributed by atoms with Crippen LogP contribution in [-0.4, -0.2) is 123 Å². The van der Waals surface area contributed by atoms with Crippen molar-refractivity contribution in [3.05, 3.63) is 82.6 Å². The van der Waals surface area contributed by atoms with E-state index in [2.05, 4.69) is 58.1 Å². The minimum absolute atomic E-state index is 0.0217. The highest BCUT2D eigenvalue weighted by Crippen LogP contribution is 2.68. The molecule has 9 atom stereocenters. The molecule has 9 rings (SSSR count). The molecular formula is C46H56N4O8. The molecule has 308 valence electrons. The highest BCUT2D eigenvalue weighted by Gasteiger charge is 2.80. The van der Waals surface area contributed by atoms with Crippen LogP contribution in [0, 0.1) is 11.3 Å². The molecule has 0 radical (unpaired) electrons. The number of aliphatic hydroxyl groups is 1. The Balaban J connectivity index is 1.37. The van der Waals surface area contributed by atoms with Gasteiger partial charge in [0.2, 0.25) is 5.60 Å². The third kappa shape index (κ3) is 4.94. The highest BCUT2D eigenvalue weighted by atomic mass is 16.6. The first kappa shape index (κ1) is 38.8. The van der Waals surface area contributed by atoms with Gasteiger partial charge in [-0.05, 0) is 67.8 Å². The topological polar surface area (TPSA) is 134 Å². The number of rotatable bonds is 7. The molecule has 3 aromatic rings. The van der Waals surface area contributed by atoms with Crippen LogP contribution in [0.5, 0.6) is 5.75 Å². The van der Waals surface area contributed by atoms with E-state index >= 15 is 4.79 Å². The number of carbonyl (C=O) groups excluding carboxylic acids is 3. The lowest BCUT2D eigenvalue weighted by Gasteiger charge is -2.63. The van der Waals surface area contributed by atoms with Crippen LogP contribution < -0.4 is 9.64 Å². The number of aromatic amines is 1. The Morgan fingerprint density at radius 1 is 1.00 bits per heavy atom. The molecule has 1 spiro atoms. The van der Waals surface area contributed by atoms with E-state index in [1.807, 2.05) is 37.1 Å². The van der Waals surface area contributed by atoms with Crippen molar-refractivity contribution in [3.63, 3.8) is 0 Å². The third-order valence-electron chi connectivity index (χ3n) is 15.1. The van der Waals surface area contributed by atoms with Gasteiger partial charge in [-0.15, -0.1) is 0 Å². The molecule has 12 heteroatoms. The molecule has 58 heavy (non-hydrogen) atoms. The first-order chi connectivity index (χ1) is 27.9. The van der Waals surface area contributed by atoms with Crippen LogP contribution in [0.2, 0.25) is 0 Å². The molecule has 1 aromatic heterocycles. The Morgan fingerprint density at radius 3 is 2.48 bits per heavy atom. The van der Waals surface area contributed by atoms with Crippen molar-refractivity contribution in [2.45, 2.75) is 87.5 Å². The van der Waals surface area contributed by atoms with E-state index in [1.54, 1.807) is 7.11 Å². The summed E-state index contributed by atoms with van der Waals surface area (Å²) in [4.78, 5) is 53.4. The van der Waals surface area contributed by atoms with Crippen LogP contribution in [0.15, 0.2) is 60.2 Å². The quantitative estimate of drug-likeness (QED) is 0.194. The highest BCUT2D eigenvalue weighted by molar-refractivity contribution is 5.95. The van der Waals surface area contributed by atoms with Gasteiger partial charge >= 0.3 is 17.9 Å². The van der Waals surface area contributed by atoms with Gasteiger partial charge in [-0.25, -0.2) is 4.79 Å². The Hall–Kier alpha value is -4.65. The van der Waals surface area contributed by atoms with Gasteiger partial charge < -0.3 is 33.9 Å². The van der Waals surface area contributed by atoms with Crippen LogP contribution >= 0.6 is 0 Å². The van der Waals surface area contributed by atoms with E-state index in [4.69, 9.17) is 18.9 Å². The number of esters is 3. The molecule has 1 saturated carbocycles. The Kier molecular flexibility index (Phi) is 9.18. The molecule has 6 aliphatic rings. The lowest BCUT2D eigenvalue weighted by atomic mass is 9.47. The Morgan fingerprint density at radius 2 is 1.78 bits per heavy atom. The van der Waals surface area contributed by atoms with Crippen molar-refractivity contribution in [2.75, 3.05) is 66.0 Å². The van der Waals surface area contributed by atoms with Crippen molar-refractivity contribution in [2.24, 2.45) is 11.3 Å². The largest absolute Gasteiger partial charge is 0.496 e. The summed E-state index contributed by atoms with van der Waals surface area (Å²) in [6.45, 7) is 9.44. The fraction of sp³-hybridized carbons (Fsp3) is 0.543. The molecule has 1 aliphatic carbocycles. The van der Waals surface area contributed by atoms with Crippen LogP contribution in [0.1, 0.15) is 68.8 Å². The molecular weight excluding hydrogens is 737 g/mol. The maximum absolute atomic E-state index is 15.3. The second-order valence-electron chi connectivity index (χ2n) is 17.5. The fourth-order valence-corrected chi connectivity index (χ4v) is 13.0. The number of nitrogens with one attached hydrogen (secondary N) is 1. The molecule has 2 aromatic carbocycles. The van der Waals surface area contributed by atoms with Gasteiger partial charge in [0.05, 0.1) is 27.4 Å². The van der Waals surface area contributed by atoms with Gasteiger partial charge in [-0.1, -0.05) is 55.8 Å². The summed E-state index contributed by atoms with van der Waals surface area (Å²) in [5.74, 6) is -1.31.